The predicted octanol–water partition coefficient (Wildman–Crippen LogP) is 2.85. The first kappa shape index (κ1) is 17.8. The van der Waals surface area contributed by atoms with Gasteiger partial charge in [0.05, 0.1) is 11.2 Å². The van der Waals surface area contributed by atoms with E-state index < -0.39 is 17.9 Å². The average Bonchev–Trinajstić information content (AvgIpc) is 3.04. The van der Waals surface area contributed by atoms with Crippen LogP contribution in [0.25, 0.3) is 0 Å². The normalized spacial score (nSPS) is 17.2. The maximum Gasteiger partial charge on any atom is 0.274 e. The van der Waals surface area contributed by atoms with Crippen LogP contribution in [0.15, 0.2) is 6.20 Å². The standard InChI is InChI=1S/C16H25F2N3O2/c1-11(2)8-21-9-12(14(17)18)13(19-21)15(22)20(3)10-16(23)6-4-5-7-16/h9,11,14,23H,4-8,10H2,1-3H3. The molecule has 0 aliphatic heterocycles. The number of likely N-dealkylation sites (N-methyl/N-ethyl adjacent to an activating group) is 1. The van der Waals surface area contributed by atoms with Gasteiger partial charge in [-0.2, -0.15) is 5.10 Å². The van der Waals surface area contributed by atoms with Gasteiger partial charge < -0.3 is 10.0 Å². The number of aromatic nitrogens is 2. The van der Waals surface area contributed by atoms with E-state index in [1.807, 2.05) is 13.8 Å². The lowest BCUT2D eigenvalue weighted by molar-refractivity contribution is 0.0152. The quantitative estimate of drug-likeness (QED) is 0.873. The summed E-state index contributed by atoms with van der Waals surface area (Å²) < 4.78 is 27.8. The van der Waals surface area contributed by atoms with Crippen molar-refractivity contribution in [3.8, 4) is 0 Å². The summed E-state index contributed by atoms with van der Waals surface area (Å²) in [7, 11) is 1.52. The van der Waals surface area contributed by atoms with E-state index in [1.54, 1.807) is 0 Å². The van der Waals surface area contributed by atoms with Gasteiger partial charge in [0.15, 0.2) is 5.69 Å². The molecule has 1 aromatic heterocycles. The Morgan fingerprint density at radius 2 is 2.04 bits per heavy atom. The number of rotatable bonds is 6. The minimum Gasteiger partial charge on any atom is -0.388 e. The van der Waals surface area contributed by atoms with Crippen LogP contribution in [0.5, 0.6) is 0 Å². The first-order valence-corrected chi connectivity index (χ1v) is 8.05. The van der Waals surface area contributed by atoms with E-state index in [2.05, 4.69) is 5.10 Å². The zero-order chi connectivity index (χ0) is 17.2. The molecule has 0 saturated heterocycles. The smallest absolute Gasteiger partial charge is 0.274 e. The number of hydrogen-bond acceptors (Lipinski definition) is 3. The van der Waals surface area contributed by atoms with Crippen molar-refractivity contribution in [1.82, 2.24) is 14.7 Å². The Balaban J connectivity index is 2.18. The fourth-order valence-corrected chi connectivity index (χ4v) is 3.12. The van der Waals surface area contributed by atoms with Gasteiger partial charge in [-0.05, 0) is 18.8 Å². The number of aliphatic hydroxyl groups is 1. The zero-order valence-electron chi connectivity index (χ0n) is 13.9. The SMILES string of the molecule is CC(C)Cn1cc(C(F)F)c(C(=O)N(C)CC2(O)CCCC2)n1. The molecule has 2 rings (SSSR count). The summed E-state index contributed by atoms with van der Waals surface area (Å²) in [5, 5.41) is 14.4. The van der Waals surface area contributed by atoms with E-state index in [-0.39, 0.29) is 23.7 Å². The van der Waals surface area contributed by atoms with Crippen LogP contribution in [0.2, 0.25) is 0 Å². The van der Waals surface area contributed by atoms with Gasteiger partial charge in [0, 0.05) is 26.3 Å². The molecule has 1 heterocycles. The molecule has 7 heteroatoms. The maximum atomic E-state index is 13.2. The molecule has 1 N–H and O–H groups in total. The molecule has 0 bridgehead atoms. The highest BCUT2D eigenvalue weighted by atomic mass is 19.3. The second kappa shape index (κ2) is 6.95. The molecule has 1 aromatic rings. The van der Waals surface area contributed by atoms with Gasteiger partial charge >= 0.3 is 0 Å². The van der Waals surface area contributed by atoms with E-state index in [0.29, 0.717) is 19.4 Å². The highest BCUT2D eigenvalue weighted by Gasteiger charge is 2.35. The number of amides is 1. The van der Waals surface area contributed by atoms with Gasteiger partial charge in [-0.3, -0.25) is 9.48 Å². The molecule has 130 valence electrons. The van der Waals surface area contributed by atoms with Crippen LogP contribution in [0.1, 0.15) is 62.0 Å². The number of alkyl halides is 2. The highest BCUT2D eigenvalue weighted by Crippen LogP contribution is 2.31. The van der Waals surface area contributed by atoms with Gasteiger partial charge in [0.2, 0.25) is 0 Å². The second-order valence-electron chi connectivity index (χ2n) is 6.94. The molecule has 1 saturated carbocycles. The Labute approximate surface area is 135 Å². The fourth-order valence-electron chi connectivity index (χ4n) is 3.12. The minimum atomic E-state index is -2.75. The van der Waals surface area contributed by atoms with Crippen molar-refractivity contribution in [2.75, 3.05) is 13.6 Å². The third kappa shape index (κ3) is 4.28. The lowest BCUT2D eigenvalue weighted by Crippen LogP contribution is -2.42. The topological polar surface area (TPSA) is 58.4 Å². The first-order valence-electron chi connectivity index (χ1n) is 8.05. The van der Waals surface area contributed by atoms with E-state index in [4.69, 9.17) is 0 Å². The second-order valence-corrected chi connectivity index (χ2v) is 6.94. The van der Waals surface area contributed by atoms with Crippen molar-refractivity contribution in [3.05, 3.63) is 17.5 Å². The molecule has 0 spiro atoms. The Morgan fingerprint density at radius 1 is 1.43 bits per heavy atom. The minimum absolute atomic E-state index is 0.144. The van der Waals surface area contributed by atoms with Crippen molar-refractivity contribution in [2.45, 2.75) is 58.1 Å². The molecule has 1 aliphatic rings. The summed E-state index contributed by atoms with van der Waals surface area (Å²) in [4.78, 5) is 13.8. The molecule has 1 aliphatic carbocycles. The van der Waals surface area contributed by atoms with Gasteiger partial charge in [0.1, 0.15) is 0 Å². The summed E-state index contributed by atoms with van der Waals surface area (Å²) in [6.45, 7) is 4.52. The van der Waals surface area contributed by atoms with Crippen molar-refractivity contribution < 1.29 is 18.7 Å². The van der Waals surface area contributed by atoms with E-state index in [0.717, 1.165) is 12.8 Å². The van der Waals surface area contributed by atoms with Gasteiger partial charge in [0.25, 0.3) is 12.3 Å². The summed E-state index contributed by atoms with van der Waals surface area (Å²) in [6, 6.07) is 0. The molecule has 0 unspecified atom stereocenters. The lowest BCUT2D eigenvalue weighted by Gasteiger charge is -2.28. The molecular formula is C16H25F2N3O2. The summed E-state index contributed by atoms with van der Waals surface area (Å²) >= 11 is 0. The predicted molar refractivity (Wildman–Crippen MR) is 82.4 cm³/mol. The number of hydrogen-bond donors (Lipinski definition) is 1. The number of carbonyl (C=O) groups excluding carboxylic acids is 1. The Bertz CT molecular complexity index is 552. The van der Waals surface area contributed by atoms with Gasteiger partial charge in [-0.25, -0.2) is 8.78 Å². The lowest BCUT2D eigenvalue weighted by atomic mass is 10.0. The maximum absolute atomic E-state index is 13.2. The van der Waals surface area contributed by atoms with Crippen LogP contribution >= 0.6 is 0 Å². The molecule has 5 nitrogen and oxygen atoms in total. The monoisotopic (exact) mass is 329 g/mol. The van der Waals surface area contributed by atoms with E-state index >= 15 is 0 Å². The van der Waals surface area contributed by atoms with Crippen LogP contribution in [-0.4, -0.2) is 44.9 Å². The van der Waals surface area contributed by atoms with Crippen LogP contribution in [0.4, 0.5) is 8.78 Å². The Hall–Kier alpha value is -1.50. The number of nitrogens with zero attached hydrogens (tertiary/aromatic N) is 3. The molecule has 0 atom stereocenters. The molecule has 1 fully saturated rings. The van der Waals surface area contributed by atoms with E-state index in [9.17, 15) is 18.7 Å². The first-order chi connectivity index (χ1) is 10.7. The fraction of sp³-hybridized carbons (Fsp3) is 0.750. The Kier molecular flexibility index (Phi) is 5.39. The van der Waals surface area contributed by atoms with Crippen molar-refractivity contribution in [3.63, 3.8) is 0 Å². The van der Waals surface area contributed by atoms with Crippen molar-refractivity contribution in [1.29, 1.82) is 0 Å². The van der Waals surface area contributed by atoms with Crippen LogP contribution < -0.4 is 0 Å². The number of halogens is 2. The summed E-state index contributed by atoms with van der Waals surface area (Å²) in [5.41, 5.74) is -1.47. The Morgan fingerprint density at radius 3 is 2.57 bits per heavy atom. The molecule has 0 aromatic carbocycles. The molecular weight excluding hydrogens is 304 g/mol. The average molecular weight is 329 g/mol. The number of carbonyl (C=O) groups is 1. The van der Waals surface area contributed by atoms with Crippen molar-refractivity contribution in [2.24, 2.45) is 5.92 Å². The van der Waals surface area contributed by atoms with Gasteiger partial charge in [-0.1, -0.05) is 26.7 Å². The molecule has 1 amide bonds. The van der Waals surface area contributed by atoms with Crippen LogP contribution in [-0.2, 0) is 6.54 Å². The zero-order valence-corrected chi connectivity index (χ0v) is 13.9. The van der Waals surface area contributed by atoms with Crippen LogP contribution in [0, 0.1) is 5.92 Å². The van der Waals surface area contributed by atoms with Gasteiger partial charge in [-0.15, -0.1) is 0 Å². The van der Waals surface area contributed by atoms with Crippen LogP contribution in [0.3, 0.4) is 0 Å². The van der Waals surface area contributed by atoms with Crippen molar-refractivity contribution >= 4 is 5.91 Å². The molecule has 23 heavy (non-hydrogen) atoms. The summed E-state index contributed by atoms with van der Waals surface area (Å²) in [5.74, 6) is -0.330. The highest BCUT2D eigenvalue weighted by molar-refractivity contribution is 5.93. The summed E-state index contributed by atoms with van der Waals surface area (Å²) in [6.07, 6.45) is 1.60. The largest absolute Gasteiger partial charge is 0.388 e. The third-order valence-electron chi connectivity index (χ3n) is 4.19. The van der Waals surface area contributed by atoms with E-state index in [1.165, 1.54) is 22.8 Å². The molecule has 0 radical (unpaired) electrons. The third-order valence-corrected chi connectivity index (χ3v) is 4.19.